The normalized spacial score (nSPS) is 12.6. The summed E-state index contributed by atoms with van der Waals surface area (Å²) in [5.41, 5.74) is 0. The van der Waals surface area contributed by atoms with Crippen molar-refractivity contribution in [2.24, 2.45) is 0 Å². The van der Waals surface area contributed by atoms with Crippen LogP contribution in [0.1, 0.15) is 277 Å². The molecule has 0 aliphatic heterocycles. The number of hydrogen-bond donors (Lipinski definition) is 3. The van der Waals surface area contributed by atoms with Crippen LogP contribution in [0.15, 0.2) is 0 Å². The number of esters is 1. The molecule has 0 rings (SSSR count). The number of carbonyl (C=O) groups is 2. The summed E-state index contributed by atoms with van der Waals surface area (Å²) in [7, 11) is 0. The van der Waals surface area contributed by atoms with Crippen molar-refractivity contribution >= 4 is 11.9 Å². The van der Waals surface area contributed by atoms with E-state index < -0.39 is 12.1 Å². The zero-order chi connectivity index (χ0) is 40.1. The van der Waals surface area contributed by atoms with Crippen molar-refractivity contribution in [1.29, 1.82) is 0 Å². The summed E-state index contributed by atoms with van der Waals surface area (Å²) in [4.78, 5) is 24.4. The third kappa shape index (κ3) is 42.3. The molecule has 0 saturated carbocycles. The molecule has 0 heterocycles. The molecule has 0 aromatic carbocycles. The molecular formula is C49H97NO5. The lowest BCUT2D eigenvalue weighted by Crippen LogP contribution is -2.45. The highest BCUT2D eigenvalue weighted by Gasteiger charge is 2.20. The van der Waals surface area contributed by atoms with E-state index in [1.807, 2.05) is 0 Å². The quantitative estimate of drug-likeness (QED) is 0.0422. The van der Waals surface area contributed by atoms with Gasteiger partial charge in [0.05, 0.1) is 25.4 Å². The van der Waals surface area contributed by atoms with E-state index in [1.54, 1.807) is 0 Å². The number of aliphatic hydroxyl groups excluding tert-OH is 2. The van der Waals surface area contributed by atoms with Crippen LogP contribution in [0.3, 0.4) is 0 Å². The monoisotopic (exact) mass is 780 g/mol. The van der Waals surface area contributed by atoms with Gasteiger partial charge < -0.3 is 20.3 Å². The number of aliphatic hydroxyl groups is 2. The van der Waals surface area contributed by atoms with Gasteiger partial charge in [-0.15, -0.1) is 0 Å². The van der Waals surface area contributed by atoms with Gasteiger partial charge in [-0.05, 0) is 25.7 Å². The molecule has 328 valence electrons. The Bertz CT molecular complexity index is 776. The van der Waals surface area contributed by atoms with Gasteiger partial charge in [0.15, 0.2) is 0 Å². The minimum Gasteiger partial charge on any atom is -0.466 e. The van der Waals surface area contributed by atoms with Crippen molar-refractivity contribution in [3.05, 3.63) is 0 Å². The molecule has 0 aliphatic carbocycles. The Balaban J connectivity index is 3.39. The molecule has 3 N–H and O–H groups in total. The fourth-order valence-electron chi connectivity index (χ4n) is 7.82. The third-order valence-electron chi connectivity index (χ3n) is 11.7. The highest BCUT2D eigenvalue weighted by Crippen LogP contribution is 2.17. The largest absolute Gasteiger partial charge is 0.466 e. The van der Waals surface area contributed by atoms with Gasteiger partial charge in [-0.25, -0.2) is 0 Å². The van der Waals surface area contributed by atoms with Crippen LogP contribution in [0, 0.1) is 0 Å². The second-order valence-corrected chi connectivity index (χ2v) is 17.2. The first-order valence-corrected chi connectivity index (χ1v) is 24.8. The Morgan fingerprint density at radius 3 is 1.11 bits per heavy atom. The van der Waals surface area contributed by atoms with Crippen LogP contribution in [0.4, 0.5) is 0 Å². The van der Waals surface area contributed by atoms with Gasteiger partial charge in [-0.2, -0.15) is 0 Å². The number of nitrogens with one attached hydrogen (secondary N) is 1. The van der Waals surface area contributed by atoms with Gasteiger partial charge in [-0.1, -0.05) is 239 Å². The second kappa shape index (κ2) is 45.6. The van der Waals surface area contributed by atoms with Gasteiger partial charge in [0.25, 0.3) is 0 Å². The Hall–Kier alpha value is -1.14. The van der Waals surface area contributed by atoms with E-state index in [4.69, 9.17) is 4.74 Å². The van der Waals surface area contributed by atoms with Crippen molar-refractivity contribution in [1.82, 2.24) is 5.32 Å². The first-order chi connectivity index (χ1) is 27.0. The van der Waals surface area contributed by atoms with E-state index in [1.165, 1.54) is 199 Å². The fraction of sp³-hybridized carbons (Fsp3) is 0.959. The number of amides is 1. The van der Waals surface area contributed by atoms with Crippen LogP contribution < -0.4 is 5.32 Å². The Morgan fingerprint density at radius 2 is 0.745 bits per heavy atom. The van der Waals surface area contributed by atoms with E-state index in [0.717, 1.165) is 44.9 Å². The molecule has 6 nitrogen and oxygen atoms in total. The summed E-state index contributed by atoms with van der Waals surface area (Å²) < 4.78 is 5.46. The molecule has 1 amide bonds. The molecule has 55 heavy (non-hydrogen) atoms. The number of carbonyl (C=O) groups excluding carboxylic acids is 2. The van der Waals surface area contributed by atoms with Gasteiger partial charge in [-0.3, -0.25) is 9.59 Å². The average Bonchev–Trinajstić information content (AvgIpc) is 3.18. The Kier molecular flexibility index (Phi) is 44.6. The molecule has 0 fully saturated rings. The first-order valence-electron chi connectivity index (χ1n) is 24.8. The maximum Gasteiger partial charge on any atom is 0.305 e. The first kappa shape index (κ1) is 53.9. The SMILES string of the molecule is CCCCCCCCCCCCCCCCC(=O)OCCCCCCCCCCCCCCCCCC(=O)NC(CO)C(O)CCCCCCCCCCC. The van der Waals surface area contributed by atoms with Crippen LogP contribution in [0.25, 0.3) is 0 Å². The van der Waals surface area contributed by atoms with E-state index in [9.17, 15) is 19.8 Å². The van der Waals surface area contributed by atoms with E-state index in [2.05, 4.69) is 19.2 Å². The lowest BCUT2D eigenvalue weighted by Gasteiger charge is -2.22. The lowest BCUT2D eigenvalue weighted by molar-refractivity contribution is -0.143. The van der Waals surface area contributed by atoms with Crippen molar-refractivity contribution in [3.8, 4) is 0 Å². The molecule has 0 aromatic heterocycles. The molecule has 2 unspecified atom stereocenters. The van der Waals surface area contributed by atoms with Crippen LogP contribution in [0.5, 0.6) is 0 Å². The van der Waals surface area contributed by atoms with Crippen LogP contribution in [-0.2, 0) is 14.3 Å². The van der Waals surface area contributed by atoms with Gasteiger partial charge in [0, 0.05) is 12.8 Å². The van der Waals surface area contributed by atoms with Crippen molar-refractivity contribution in [3.63, 3.8) is 0 Å². The standard InChI is InChI=1S/C49H97NO5/c1-3-5-7-9-11-13-14-15-20-23-27-31-35-39-43-49(54)55-44-40-36-32-28-24-21-18-16-17-19-22-26-30-34-38-42-48(53)50-46(45-51)47(52)41-37-33-29-25-12-10-8-6-4-2/h46-47,51-52H,3-45H2,1-2H3,(H,50,53). The van der Waals surface area contributed by atoms with Crippen molar-refractivity contribution in [2.45, 2.75) is 289 Å². The number of hydrogen-bond acceptors (Lipinski definition) is 5. The highest BCUT2D eigenvalue weighted by molar-refractivity contribution is 5.76. The van der Waals surface area contributed by atoms with Gasteiger partial charge in [0.1, 0.15) is 0 Å². The molecule has 0 spiro atoms. The molecule has 2 atom stereocenters. The van der Waals surface area contributed by atoms with Crippen molar-refractivity contribution in [2.75, 3.05) is 13.2 Å². The second-order valence-electron chi connectivity index (χ2n) is 17.2. The molecule has 0 saturated heterocycles. The zero-order valence-electron chi connectivity index (χ0n) is 37.2. The molecule has 6 heteroatoms. The molecule has 0 aromatic rings. The highest BCUT2D eigenvalue weighted by atomic mass is 16.5. The molecule has 0 aliphatic rings. The molecular weight excluding hydrogens is 683 g/mol. The number of unbranched alkanes of at least 4 members (excludes halogenated alkanes) is 35. The van der Waals surface area contributed by atoms with Crippen molar-refractivity contribution < 1.29 is 24.5 Å². The maximum atomic E-state index is 12.4. The van der Waals surface area contributed by atoms with E-state index in [0.29, 0.717) is 25.9 Å². The third-order valence-corrected chi connectivity index (χ3v) is 11.7. The van der Waals surface area contributed by atoms with Crippen LogP contribution >= 0.6 is 0 Å². The topological polar surface area (TPSA) is 95.9 Å². The minimum atomic E-state index is -0.666. The van der Waals surface area contributed by atoms with Crippen LogP contribution in [-0.4, -0.2) is 47.4 Å². The summed E-state index contributed by atoms with van der Waals surface area (Å²) >= 11 is 0. The minimum absolute atomic E-state index is 0.00295. The lowest BCUT2D eigenvalue weighted by atomic mass is 10.0. The molecule has 0 bridgehead atoms. The number of rotatable bonds is 46. The Morgan fingerprint density at radius 1 is 0.436 bits per heavy atom. The Labute approximate surface area is 343 Å². The smallest absolute Gasteiger partial charge is 0.305 e. The van der Waals surface area contributed by atoms with Gasteiger partial charge >= 0.3 is 5.97 Å². The summed E-state index contributed by atoms with van der Waals surface area (Å²) in [5.74, 6) is -0.0420. The summed E-state index contributed by atoms with van der Waals surface area (Å²) in [6.45, 7) is 4.92. The number of ether oxygens (including phenoxy) is 1. The van der Waals surface area contributed by atoms with Gasteiger partial charge in [0.2, 0.25) is 5.91 Å². The fourth-order valence-corrected chi connectivity index (χ4v) is 7.82. The maximum absolute atomic E-state index is 12.4. The zero-order valence-corrected chi connectivity index (χ0v) is 37.2. The predicted molar refractivity (Wildman–Crippen MR) is 237 cm³/mol. The summed E-state index contributed by atoms with van der Waals surface area (Å²) in [5, 5.41) is 23.0. The van der Waals surface area contributed by atoms with E-state index in [-0.39, 0.29) is 18.5 Å². The average molecular weight is 780 g/mol. The summed E-state index contributed by atoms with van der Waals surface area (Å²) in [6, 6.07) is -0.544. The van der Waals surface area contributed by atoms with Crippen LogP contribution in [0.2, 0.25) is 0 Å². The summed E-state index contributed by atoms with van der Waals surface area (Å²) in [6.07, 6.45) is 49.3. The molecule has 0 radical (unpaired) electrons. The van der Waals surface area contributed by atoms with E-state index >= 15 is 0 Å². The predicted octanol–water partition coefficient (Wildman–Crippen LogP) is 14.4.